The van der Waals surface area contributed by atoms with E-state index in [1.165, 1.54) is 135 Å². The second-order valence-corrected chi connectivity index (χ2v) is 10.8. The van der Waals surface area contributed by atoms with Gasteiger partial charge in [0.15, 0.2) is 5.78 Å². The molecule has 1 saturated heterocycles. The third kappa shape index (κ3) is 19.3. The molecule has 0 aromatic heterocycles. The van der Waals surface area contributed by atoms with Gasteiger partial charge in [0.05, 0.1) is 6.61 Å². The lowest BCUT2D eigenvalue weighted by atomic mass is 10.0. The van der Waals surface area contributed by atoms with Crippen molar-refractivity contribution in [3.8, 4) is 0 Å². The first-order chi connectivity index (χ1) is 17.2. The molecule has 0 aliphatic carbocycles. The van der Waals surface area contributed by atoms with Crippen LogP contribution in [0.15, 0.2) is 0 Å². The zero-order valence-corrected chi connectivity index (χ0v) is 23.7. The fourth-order valence-electron chi connectivity index (χ4n) is 4.94. The molecular formula is C31H60O4. The Hall–Kier alpha value is -0.450. The van der Waals surface area contributed by atoms with Gasteiger partial charge in [0.2, 0.25) is 0 Å². The lowest BCUT2D eigenvalue weighted by molar-refractivity contribution is -0.389. The number of Topliss-reactive ketones (excluding diaryl/α,β-unsaturated/α-hetero) is 1. The molecule has 208 valence electrons. The second-order valence-electron chi connectivity index (χ2n) is 10.8. The van der Waals surface area contributed by atoms with Crippen LogP contribution in [-0.2, 0) is 19.0 Å². The molecule has 0 spiro atoms. The number of hydrogen-bond acceptors (Lipinski definition) is 4. The molecule has 35 heavy (non-hydrogen) atoms. The van der Waals surface area contributed by atoms with Crippen LogP contribution in [0.4, 0.5) is 0 Å². The molecule has 0 amide bonds. The summed E-state index contributed by atoms with van der Waals surface area (Å²) in [5, 5.41) is 0. The van der Waals surface area contributed by atoms with Crippen molar-refractivity contribution in [3.63, 3.8) is 0 Å². The number of hydrogen-bond donors (Lipinski definition) is 0. The van der Waals surface area contributed by atoms with Crippen molar-refractivity contribution in [1.29, 1.82) is 0 Å². The third-order valence-corrected chi connectivity index (χ3v) is 7.31. The summed E-state index contributed by atoms with van der Waals surface area (Å²) in [5.74, 6) is -0.973. The molecule has 0 saturated carbocycles. The Balaban J connectivity index is 2.03. The van der Waals surface area contributed by atoms with Crippen molar-refractivity contribution in [1.82, 2.24) is 0 Å². The van der Waals surface area contributed by atoms with Crippen molar-refractivity contribution in [2.24, 2.45) is 0 Å². The van der Waals surface area contributed by atoms with E-state index in [0.717, 1.165) is 19.3 Å². The van der Waals surface area contributed by atoms with Crippen LogP contribution in [-0.4, -0.2) is 31.6 Å². The summed E-state index contributed by atoms with van der Waals surface area (Å²) in [5.41, 5.74) is 0. The lowest BCUT2D eigenvalue weighted by Crippen LogP contribution is -2.47. The Labute approximate surface area is 218 Å². The minimum absolute atomic E-state index is 0.00789. The zero-order chi connectivity index (χ0) is 25.3. The predicted molar refractivity (Wildman–Crippen MR) is 148 cm³/mol. The Morgan fingerprint density at radius 2 is 0.886 bits per heavy atom. The summed E-state index contributed by atoms with van der Waals surface area (Å²) in [7, 11) is 0. The first kappa shape index (κ1) is 32.6. The average Bonchev–Trinajstić information content (AvgIpc) is 2.87. The Bertz CT molecular complexity index is 455. The van der Waals surface area contributed by atoms with Crippen LogP contribution in [0.2, 0.25) is 0 Å². The summed E-state index contributed by atoms with van der Waals surface area (Å²) in [6.07, 6.45) is 31.2. The summed E-state index contributed by atoms with van der Waals surface area (Å²) in [6.45, 7) is 5.45. The molecule has 1 aliphatic heterocycles. The minimum atomic E-state index is -0.981. The number of carbonyl (C=O) groups excluding carboxylic acids is 1. The maximum atomic E-state index is 11.6. The van der Waals surface area contributed by atoms with E-state index in [1.807, 2.05) is 0 Å². The average molecular weight is 497 g/mol. The highest BCUT2D eigenvalue weighted by molar-refractivity contribution is 5.81. The fraction of sp³-hybridized carbons (Fsp3) is 0.968. The highest BCUT2D eigenvalue weighted by Crippen LogP contribution is 2.27. The summed E-state index contributed by atoms with van der Waals surface area (Å²) < 4.78 is 17.7. The first-order valence-corrected chi connectivity index (χ1v) is 15.7. The van der Waals surface area contributed by atoms with Crippen molar-refractivity contribution in [2.45, 2.75) is 174 Å². The fourth-order valence-corrected chi connectivity index (χ4v) is 4.94. The Morgan fingerprint density at radius 1 is 0.543 bits per heavy atom. The maximum Gasteiger partial charge on any atom is 0.283 e. The van der Waals surface area contributed by atoms with E-state index in [9.17, 15) is 4.79 Å². The van der Waals surface area contributed by atoms with Crippen molar-refractivity contribution in [2.75, 3.05) is 19.8 Å². The summed E-state index contributed by atoms with van der Waals surface area (Å²) in [4.78, 5) is 11.6. The molecule has 4 nitrogen and oxygen atoms in total. The van der Waals surface area contributed by atoms with Gasteiger partial charge < -0.3 is 14.2 Å². The highest BCUT2D eigenvalue weighted by Gasteiger charge is 2.37. The normalized spacial score (nSPS) is 15.7. The molecule has 1 heterocycles. The van der Waals surface area contributed by atoms with E-state index >= 15 is 0 Å². The third-order valence-electron chi connectivity index (χ3n) is 7.31. The van der Waals surface area contributed by atoms with Crippen molar-refractivity contribution in [3.05, 3.63) is 0 Å². The lowest BCUT2D eigenvalue weighted by Gasteiger charge is -2.36. The van der Waals surface area contributed by atoms with E-state index in [1.54, 1.807) is 0 Å². The molecule has 0 unspecified atom stereocenters. The first-order valence-electron chi connectivity index (χ1n) is 15.7. The van der Waals surface area contributed by atoms with E-state index < -0.39 is 5.97 Å². The van der Waals surface area contributed by atoms with E-state index in [4.69, 9.17) is 14.2 Å². The minimum Gasteiger partial charge on any atom is -0.327 e. The standard InChI is InChI=1S/C31H60O4/c1-3-5-7-9-11-13-15-16-17-18-20-22-24-26-31(34-28-30(32)29-35-31)33-27-25-23-21-19-14-12-10-8-6-4-2/h3-29H2,1-2H3. The van der Waals surface area contributed by atoms with E-state index in [0.29, 0.717) is 6.61 Å². The van der Waals surface area contributed by atoms with Gasteiger partial charge in [-0.3, -0.25) is 4.79 Å². The SMILES string of the molecule is CCCCCCCCCCCCCCCC1(OCCCCCCCCCCCC)OCC(=O)CO1. The van der Waals surface area contributed by atoms with Gasteiger partial charge in [-0.15, -0.1) is 0 Å². The number of unbranched alkanes of at least 4 members (excludes halogenated alkanes) is 21. The maximum absolute atomic E-state index is 11.6. The zero-order valence-electron chi connectivity index (χ0n) is 23.7. The molecule has 1 fully saturated rings. The second kappa shape index (κ2) is 23.9. The predicted octanol–water partition coefficient (Wildman–Crippen LogP) is 9.67. The van der Waals surface area contributed by atoms with Crippen LogP contribution < -0.4 is 0 Å². The topological polar surface area (TPSA) is 44.8 Å². The Kier molecular flexibility index (Phi) is 22.3. The van der Waals surface area contributed by atoms with Crippen LogP contribution >= 0.6 is 0 Å². The number of carbonyl (C=O) groups is 1. The molecule has 0 aromatic carbocycles. The molecule has 0 atom stereocenters. The monoisotopic (exact) mass is 496 g/mol. The molecule has 0 bridgehead atoms. The smallest absolute Gasteiger partial charge is 0.283 e. The van der Waals surface area contributed by atoms with E-state index in [-0.39, 0.29) is 19.0 Å². The van der Waals surface area contributed by atoms with Gasteiger partial charge in [0.1, 0.15) is 13.2 Å². The highest BCUT2D eigenvalue weighted by atomic mass is 16.9. The molecule has 0 radical (unpaired) electrons. The van der Waals surface area contributed by atoms with Gasteiger partial charge in [-0.25, -0.2) is 0 Å². The van der Waals surface area contributed by atoms with Gasteiger partial charge in [0, 0.05) is 6.42 Å². The van der Waals surface area contributed by atoms with Gasteiger partial charge in [-0.1, -0.05) is 149 Å². The van der Waals surface area contributed by atoms with Crippen molar-refractivity contribution >= 4 is 5.78 Å². The molecule has 1 rings (SSSR count). The molecule has 0 aromatic rings. The number of ketones is 1. The van der Waals surface area contributed by atoms with E-state index in [2.05, 4.69) is 13.8 Å². The summed E-state index contributed by atoms with van der Waals surface area (Å²) in [6, 6.07) is 0. The van der Waals surface area contributed by atoms with Gasteiger partial charge in [0.25, 0.3) is 5.97 Å². The summed E-state index contributed by atoms with van der Waals surface area (Å²) >= 11 is 0. The largest absolute Gasteiger partial charge is 0.327 e. The molecular weight excluding hydrogens is 436 g/mol. The number of rotatable bonds is 26. The quantitative estimate of drug-likeness (QED) is 0.112. The molecule has 0 N–H and O–H groups in total. The van der Waals surface area contributed by atoms with Crippen LogP contribution in [0.25, 0.3) is 0 Å². The number of ether oxygens (including phenoxy) is 3. The van der Waals surface area contributed by atoms with Crippen molar-refractivity contribution < 1.29 is 19.0 Å². The van der Waals surface area contributed by atoms with Gasteiger partial charge in [-0.05, 0) is 12.8 Å². The molecule has 4 heteroatoms. The van der Waals surface area contributed by atoms with Crippen LogP contribution in [0, 0.1) is 0 Å². The van der Waals surface area contributed by atoms with Crippen LogP contribution in [0.5, 0.6) is 0 Å². The van der Waals surface area contributed by atoms with Crippen LogP contribution in [0.3, 0.4) is 0 Å². The van der Waals surface area contributed by atoms with Gasteiger partial charge in [-0.2, -0.15) is 0 Å². The van der Waals surface area contributed by atoms with Crippen LogP contribution in [0.1, 0.15) is 168 Å². The Morgan fingerprint density at radius 3 is 1.29 bits per heavy atom. The molecule has 1 aliphatic rings. The van der Waals surface area contributed by atoms with Gasteiger partial charge >= 0.3 is 0 Å².